The summed E-state index contributed by atoms with van der Waals surface area (Å²) in [6, 6.07) is 0. The van der Waals surface area contributed by atoms with E-state index in [1.165, 1.54) is 38.8 Å². The van der Waals surface area contributed by atoms with Crippen molar-refractivity contribution >= 4 is 0 Å². The third-order valence-electron chi connectivity index (χ3n) is 3.90. The van der Waals surface area contributed by atoms with Crippen LogP contribution in [0.1, 0.15) is 32.6 Å². The van der Waals surface area contributed by atoms with Crippen molar-refractivity contribution in [2.45, 2.75) is 38.1 Å². The van der Waals surface area contributed by atoms with E-state index in [2.05, 4.69) is 11.8 Å². The predicted octanol–water partition coefficient (Wildman–Crippen LogP) is 1.63. The minimum Gasteiger partial charge on any atom is -0.295 e. The molecule has 3 aliphatic rings. The van der Waals surface area contributed by atoms with Gasteiger partial charge in [-0.15, -0.1) is 0 Å². The van der Waals surface area contributed by atoms with E-state index in [0.717, 1.165) is 11.0 Å². The highest BCUT2D eigenvalue weighted by molar-refractivity contribution is 5.22. The maximum absolute atomic E-state index is 2.69. The zero-order chi connectivity index (χ0) is 6.82. The van der Waals surface area contributed by atoms with Crippen LogP contribution >= 0.6 is 0 Å². The SMILES string of the molecule is CC1(C2(N3CC3)CC2)CC1. The molecule has 1 nitrogen and oxygen atoms in total. The molecule has 2 saturated carbocycles. The van der Waals surface area contributed by atoms with E-state index < -0.39 is 0 Å². The van der Waals surface area contributed by atoms with E-state index >= 15 is 0 Å². The molecule has 0 aromatic heterocycles. The summed E-state index contributed by atoms with van der Waals surface area (Å²) in [7, 11) is 0. The normalized spacial score (nSPS) is 39.3. The van der Waals surface area contributed by atoms with Gasteiger partial charge in [-0.2, -0.15) is 0 Å². The van der Waals surface area contributed by atoms with E-state index in [1.807, 2.05) is 0 Å². The van der Waals surface area contributed by atoms with Crippen molar-refractivity contribution < 1.29 is 0 Å². The van der Waals surface area contributed by atoms with Crippen molar-refractivity contribution in [1.29, 1.82) is 0 Å². The van der Waals surface area contributed by atoms with Crippen LogP contribution < -0.4 is 0 Å². The van der Waals surface area contributed by atoms with Crippen molar-refractivity contribution in [2.24, 2.45) is 5.41 Å². The molecule has 0 atom stereocenters. The van der Waals surface area contributed by atoms with E-state index in [4.69, 9.17) is 0 Å². The fourth-order valence-electron chi connectivity index (χ4n) is 2.55. The minimum absolute atomic E-state index is 0.743. The van der Waals surface area contributed by atoms with Crippen molar-refractivity contribution in [2.75, 3.05) is 13.1 Å². The van der Waals surface area contributed by atoms with Gasteiger partial charge in [-0.25, -0.2) is 0 Å². The van der Waals surface area contributed by atoms with E-state index in [1.54, 1.807) is 0 Å². The number of hydrogen-bond donors (Lipinski definition) is 0. The molecule has 0 spiro atoms. The third-order valence-corrected chi connectivity index (χ3v) is 3.90. The van der Waals surface area contributed by atoms with Crippen LogP contribution in [0.2, 0.25) is 0 Å². The molecule has 10 heavy (non-hydrogen) atoms. The molecule has 1 heterocycles. The maximum Gasteiger partial charge on any atom is 0.0265 e. The first kappa shape index (κ1) is 5.59. The lowest BCUT2D eigenvalue weighted by Crippen LogP contribution is -2.30. The highest BCUT2D eigenvalue weighted by Gasteiger charge is 2.67. The quantitative estimate of drug-likeness (QED) is 0.523. The van der Waals surface area contributed by atoms with Crippen molar-refractivity contribution in [3.8, 4) is 0 Å². The van der Waals surface area contributed by atoms with Crippen molar-refractivity contribution in [1.82, 2.24) is 4.90 Å². The highest BCUT2D eigenvalue weighted by atomic mass is 15.4. The molecule has 0 radical (unpaired) electrons. The predicted molar refractivity (Wildman–Crippen MR) is 40.9 cm³/mol. The van der Waals surface area contributed by atoms with Gasteiger partial charge in [0.15, 0.2) is 0 Å². The molecular weight excluding hydrogens is 122 g/mol. The third kappa shape index (κ3) is 0.493. The second kappa shape index (κ2) is 1.29. The standard InChI is InChI=1S/C9H15N/c1-8(2-3-8)9(4-5-9)10-6-7-10/h2-7H2,1H3. The maximum atomic E-state index is 2.69. The van der Waals surface area contributed by atoms with E-state index in [-0.39, 0.29) is 0 Å². The van der Waals surface area contributed by atoms with Crippen LogP contribution in [0.15, 0.2) is 0 Å². The summed E-state index contributed by atoms with van der Waals surface area (Å²) in [4.78, 5) is 2.69. The van der Waals surface area contributed by atoms with Crippen LogP contribution in [-0.4, -0.2) is 23.5 Å². The Morgan fingerprint density at radius 3 is 1.90 bits per heavy atom. The lowest BCUT2D eigenvalue weighted by molar-refractivity contribution is 0.250. The molecule has 0 aromatic carbocycles. The van der Waals surface area contributed by atoms with Crippen LogP contribution in [0.4, 0.5) is 0 Å². The summed E-state index contributed by atoms with van der Waals surface area (Å²) in [6.45, 7) is 5.28. The van der Waals surface area contributed by atoms with Gasteiger partial charge < -0.3 is 0 Å². The fourth-order valence-corrected chi connectivity index (χ4v) is 2.55. The summed E-state index contributed by atoms with van der Waals surface area (Å²) in [5.74, 6) is 0. The van der Waals surface area contributed by atoms with E-state index in [0.29, 0.717) is 0 Å². The Morgan fingerprint density at radius 1 is 1.00 bits per heavy atom. The molecule has 1 aliphatic heterocycles. The zero-order valence-electron chi connectivity index (χ0n) is 6.69. The summed E-state index contributed by atoms with van der Waals surface area (Å²) in [6.07, 6.45) is 6.01. The summed E-state index contributed by atoms with van der Waals surface area (Å²) < 4.78 is 0. The monoisotopic (exact) mass is 137 g/mol. The van der Waals surface area contributed by atoms with Gasteiger partial charge in [0.25, 0.3) is 0 Å². The molecule has 0 aromatic rings. The van der Waals surface area contributed by atoms with Crippen LogP contribution in [0.25, 0.3) is 0 Å². The van der Waals surface area contributed by atoms with Gasteiger partial charge in [0.05, 0.1) is 0 Å². The summed E-state index contributed by atoms with van der Waals surface area (Å²) >= 11 is 0. The first-order valence-electron chi connectivity index (χ1n) is 4.52. The first-order valence-corrected chi connectivity index (χ1v) is 4.52. The highest BCUT2D eigenvalue weighted by Crippen LogP contribution is 2.67. The van der Waals surface area contributed by atoms with Gasteiger partial charge in [-0.1, -0.05) is 6.92 Å². The van der Waals surface area contributed by atoms with Gasteiger partial charge in [0.1, 0.15) is 0 Å². The van der Waals surface area contributed by atoms with Crippen LogP contribution in [-0.2, 0) is 0 Å². The Balaban J connectivity index is 1.88. The largest absolute Gasteiger partial charge is 0.295 e. The Bertz CT molecular complexity index is 173. The molecule has 2 aliphatic carbocycles. The molecule has 56 valence electrons. The summed E-state index contributed by atoms with van der Waals surface area (Å²) in [5.41, 5.74) is 1.51. The Morgan fingerprint density at radius 2 is 1.60 bits per heavy atom. The molecule has 3 fully saturated rings. The van der Waals surface area contributed by atoms with E-state index in [9.17, 15) is 0 Å². The van der Waals surface area contributed by atoms with Crippen LogP contribution in [0.5, 0.6) is 0 Å². The minimum atomic E-state index is 0.743. The molecule has 0 unspecified atom stereocenters. The molecule has 0 N–H and O–H groups in total. The average Bonchev–Trinajstić information content (AvgIpc) is 2.70. The molecule has 3 rings (SSSR count). The van der Waals surface area contributed by atoms with Crippen molar-refractivity contribution in [3.63, 3.8) is 0 Å². The van der Waals surface area contributed by atoms with Crippen molar-refractivity contribution in [3.05, 3.63) is 0 Å². The van der Waals surface area contributed by atoms with Gasteiger partial charge >= 0.3 is 0 Å². The molecule has 0 bridgehead atoms. The smallest absolute Gasteiger partial charge is 0.0265 e. The van der Waals surface area contributed by atoms with Crippen LogP contribution in [0.3, 0.4) is 0 Å². The Kier molecular flexibility index (Phi) is 0.722. The van der Waals surface area contributed by atoms with Gasteiger partial charge in [-0.3, -0.25) is 4.90 Å². The number of nitrogens with zero attached hydrogens (tertiary/aromatic N) is 1. The first-order chi connectivity index (χ1) is 4.77. The van der Waals surface area contributed by atoms with Gasteiger partial charge in [0, 0.05) is 18.6 Å². The molecular formula is C9H15N. The summed E-state index contributed by atoms with van der Waals surface area (Å²) in [5, 5.41) is 0. The second-order valence-corrected chi connectivity index (χ2v) is 4.58. The zero-order valence-corrected chi connectivity index (χ0v) is 6.69. The Hall–Kier alpha value is -0.0400. The number of hydrogen-bond acceptors (Lipinski definition) is 1. The van der Waals surface area contributed by atoms with Crippen LogP contribution in [0, 0.1) is 5.41 Å². The fraction of sp³-hybridized carbons (Fsp3) is 1.00. The second-order valence-electron chi connectivity index (χ2n) is 4.58. The molecule has 0 amide bonds. The van der Waals surface area contributed by atoms with Gasteiger partial charge in [-0.05, 0) is 31.1 Å². The lowest BCUT2D eigenvalue weighted by atomic mass is 9.96. The topological polar surface area (TPSA) is 3.01 Å². The van der Waals surface area contributed by atoms with Gasteiger partial charge in [0.2, 0.25) is 0 Å². The Labute approximate surface area is 62.4 Å². The number of rotatable bonds is 2. The lowest BCUT2D eigenvalue weighted by Gasteiger charge is -2.23. The average molecular weight is 137 g/mol. The molecule has 1 heteroatoms. The molecule has 1 saturated heterocycles.